The van der Waals surface area contributed by atoms with Gasteiger partial charge in [-0.1, -0.05) is 24.3 Å². The van der Waals surface area contributed by atoms with Crippen molar-refractivity contribution in [2.45, 2.75) is 32.1 Å². The molecule has 7 heteroatoms. The highest BCUT2D eigenvalue weighted by molar-refractivity contribution is 7.88. The second-order valence-electron chi connectivity index (χ2n) is 6.57. The number of amides is 1. The van der Waals surface area contributed by atoms with E-state index in [0.29, 0.717) is 13.0 Å². The van der Waals surface area contributed by atoms with Gasteiger partial charge in [0.2, 0.25) is 15.9 Å². The molecule has 2 aromatic carbocycles. The van der Waals surface area contributed by atoms with Crippen LogP contribution in [-0.4, -0.2) is 26.9 Å². The van der Waals surface area contributed by atoms with Gasteiger partial charge < -0.3 is 4.90 Å². The third kappa shape index (κ3) is 3.94. The van der Waals surface area contributed by atoms with Gasteiger partial charge in [-0.25, -0.2) is 17.5 Å². The van der Waals surface area contributed by atoms with Gasteiger partial charge in [0.15, 0.2) is 0 Å². The van der Waals surface area contributed by atoms with Crippen LogP contribution in [0.2, 0.25) is 0 Å². The maximum Gasteiger partial charge on any atom is 0.245 e. The second kappa shape index (κ2) is 7.17. The lowest BCUT2D eigenvalue weighted by molar-refractivity contribution is -0.118. The second-order valence-corrected chi connectivity index (χ2v) is 8.32. The summed E-state index contributed by atoms with van der Waals surface area (Å²) in [5.74, 6) is -1.36. The molecule has 1 aliphatic rings. The Balaban J connectivity index is 1.72. The van der Waals surface area contributed by atoms with E-state index in [0.717, 1.165) is 16.8 Å². The molecule has 2 aromatic rings. The molecule has 26 heavy (non-hydrogen) atoms. The first-order valence-electron chi connectivity index (χ1n) is 8.39. The van der Waals surface area contributed by atoms with Gasteiger partial charge in [-0.05, 0) is 49.6 Å². The molecule has 1 amide bonds. The van der Waals surface area contributed by atoms with E-state index in [1.54, 1.807) is 11.0 Å². The summed E-state index contributed by atoms with van der Waals surface area (Å²) in [6.07, 6.45) is 0.377. The van der Waals surface area contributed by atoms with Crippen LogP contribution < -0.4 is 9.62 Å². The Labute approximate surface area is 152 Å². The van der Waals surface area contributed by atoms with E-state index in [4.69, 9.17) is 0 Å². The minimum Gasteiger partial charge on any atom is -0.311 e. The fourth-order valence-electron chi connectivity index (χ4n) is 3.02. The molecular formula is C19H21FN2O3S. The summed E-state index contributed by atoms with van der Waals surface area (Å²) in [7, 11) is -3.83. The summed E-state index contributed by atoms with van der Waals surface area (Å²) in [6.45, 7) is 4.40. The highest BCUT2D eigenvalue weighted by Gasteiger charge is 2.35. The summed E-state index contributed by atoms with van der Waals surface area (Å²) >= 11 is 0. The number of carbonyl (C=O) groups is 1. The molecule has 138 valence electrons. The Bertz CT molecular complexity index is 944. The number of halogens is 1. The van der Waals surface area contributed by atoms with Gasteiger partial charge in [0, 0.05) is 17.8 Å². The largest absolute Gasteiger partial charge is 0.311 e. The Morgan fingerprint density at radius 1 is 1.15 bits per heavy atom. The standard InChI is InChI=1S/C19H21FN2O3S/c1-13-7-8-16(11-14(13)2)22-10-9-18(19(22)23)21-26(24,25)12-15-5-3-4-6-17(15)20/h3-8,11,18,21H,9-10,12H2,1-2H3. The first-order chi connectivity index (χ1) is 12.3. The number of hydrogen-bond donors (Lipinski definition) is 1. The fraction of sp³-hybridized carbons (Fsp3) is 0.316. The van der Waals surface area contributed by atoms with Gasteiger partial charge in [0.1, 0.15) is 11.9 Å². The predicted molar refractivity (Wildman–Crippen MR) is 98.8 cm³/mol. The zero-order chi connectivity index (χ0) is 18.9. The highest BCUT2D eigenvalue weighted by Crippen LogP contribution is 2.24. The van der Waals surface area contributed by atoms with Crippen LogP contribution in [0.5, 0.6) is 0 Å². The lowest BCUT2D eigenvalue weighted by atomic mass is 10.1. The number of nitrogens with one attached hydrogen (secondary N) is 1. The average molecular weight is 376 g/mol. The molecule has 0 aliphatic carbocycles. The highest BCUT2D eigenvalue weighted by atomic mass is 32.2. The summed E-state index contributed by atoms with van der Waals surface area (Å²) in [6, 6.07) is 10.6. The van der Waals surface area contributed by atoms with Crippen LogP contribution in [-0.2, 0) is 20.6 Å². The van der Waals surface area contributed by atoms with Crippen molar-refractivity contribution in [2.75, 3.05) is 11.4 Å². The molecule has 1 aliphatic heterocycles. The van der Waals surface area contributed by atoms with Crippen LogP contribution >= 0.6 is 0 Å². The molecular weight excluding hydrogens is 355 g/mol. The number of rotatable bonds is 5. The Kier molecular flexibility index (Phi) is 5.11. The normalized spacial score (nSPS) is 17.7. The monoisotopic (exact) mass is 376 g/mol. The molecule has 0 bridgehead atoms. The molecule has 1 unspecified atom stereocenters. The van der Waals surface area contributed by atoms with Crippen molar-refractivity contribution >= 4 is 21.6 Å². The molecule has 0 saturated carbocycles. The van der Waals surface area contributed by atoms with E-state index in [1.165, 1.54) is 18.2 Å². The van der Waals surface area contributed by atoms with E-state index in [-0.39, 0.29) is 11.5 Å². The zero-order valence-corrected chi connectivity index (χ0v) is 15.5. The van der Waals surface area contributed by atoms with Crippen LogP contribution in [0, 0.1) is 19.7 Å². The number of anilines is 1. The third-order valence-corrected chi connectivity index (χ3v) is 5.97. The van der Waals surface area contributed by atoms with E-state index < -0.39 is 27.6 Å². The molecule has 5 nitrogen and oxygen atoms in total. The number of benzene rings is 2. The Hall–Kier alpha value is -2.25. The van der Waals surface area contributed by atoms with Gasteiger partial charge in [-0.2, -0.15) is 0 Å². The quantitative estimate of drug-likeness (QED) is 0.872. The Morgan fingerprint density at radius 2 is 1.88 bits per heavy atom. The summed E-state index contributed by atoms with van der Waals surface area (Å²) in [5, 5.41) is 0. The van der Waals surface area contributed by atoms with Crippen LogP contribution in [0.25, 0.3) is 0 Å². The van der Waals surface area contributed by atoms with Crippen molar-refractivity contribution in [3.63, 3.8) is 0 Å². The zero-order valence-electron chi connectivity index (χ0n) is 14.7. The van der Waals surface area contributed by atoms with Crippen molar-refractivity contribution in [1.82, 2.24) is 4.72 Å². The lowest BCUT2D eigenvalue weighted by Crippen LogP contribution is -2.42. The number of sulfonamides is 1. The molecule has 1 fully saturated rings. The van der Waals surface area contributed by atoms with Crippen LogP contribution in [0.4, 0.5) is 10.1 Å². The van der Waals surface area contributed by atoms with E-state index >= 15 is 0 Å². The third-order valence-electron chi connectivity index (χ3n) is 4.63. The molecule has 1 N–H and O–H groups in total. The smallest absolute Gasteiger partial charge is 0.245 e. The van der Waals surface area contributed by atoms with E-state index in [2.05, 4.69) is 4.72 Å². The van der Waals surface area contributed by atoms with Crippen molar-refractivity contribution in [1.29, 1.82) is 0 Å². The topological polar surface area (TPSA) is 66.5 Å². The first kappa shape index (κ1) is 18.5. The van der Waals surface area contributed by atoms with Crippen LogP contribution in [0.3, 0.4) is 0 Å². The lowest BCUT2D eigenvalue weighted by Gasteiger charge is -2.18. The number of nitrogens with zero attached hydrogens (tertiary/aromatic N) is 1. The first-order valence-corrected chi connectivity index (χ1v) is 10.0. The number of aryl methyl sites for hydroxylation is 2. The minimum atomic E-state index is -3.83. The molecule has 0 aromatic heterocycles. The van der Waals surface area contributed by atoms with Gasteiger partial charge >= 0.3 is 0 Å². The van der Waals surface area contributed by atoms with Gasteiger partial charge in [0.25, 0.3) is 0 Å². The number of hydrogen-bond acceptors (Lipinski definition) is 3. The summed E-state index contributed by atoms with van der Waals surface area (Å²) < 4.78 is 40.8. The molecule has 0 spiro atoms. The van der Waals surface area contributed by atoms with Crippen molar-refractivity contribution in [3.05, 3.63) is 65.0 Å². The van der Waals surface area contributed by atoms with Crippen molar-refractivity contribution in [3.8, 4) is 0 Å². The average Bonchev–Trinajstić information content (AvgIpc) is 2.92. The maximum atomic E-state index is 13.7. The summed E-state index contributed by atoms with van der Waals surface area (Å²) in [5.41, 5.74) is 3.03. The molecule has 1 heterocycles. The minimum absolute atomic E-state index is 0.0801. The van der Waals surface area contributed by atoms with Crippen LogP contribution in [0.15, 0.2) is 42.5 Å². The molecule has 0 radical (unpaired) electrons. The fourth-order valence-corrected chi connectivity index (χ4v) is 4.40. The SMILES string of the molecule is Cc1ccc(N2CCC(NS(=O)(=O)Cc3ccccc3F)C2=O)cc1C. The molecule has 1 atom stereocenters. The maximum absolute atomic E-state index is 13.7. The van der Waals surface area contributed by atoms with Gasteiger partial charge in [-0.3, -0.25) is 4.79 Å². The van der Waals surface area contributed by atoms with Gasteiger partial charge in [0.05, 0.1) is 5.75 Å². The van der Waals surface area contributed by atoms with E-state index in [9.17, 15) is 17.6 Å². The number of carbonyl (C=O) groups excluding carboxylic acids is 1. The summed E-state index contributed by atoms with van der Waals surface area (Å²) in [4.78, 5) is 14.2. The van der Waals surface area contributed by atoms with Crippen molar-refractivity contribution < 1.29 is 17.6 Å². The predicted octanol–water partition coefficient (Wildman–Crippen LogP) is 2.67. The van der Waals surface area contributed by atoms with Crippen LogP contribution in [0.1, 0.15) is 23.1 Å². The van der Waals surface area contributed by atoms with E-state index in [1.807, 2.05) is 32.0 Å². The molecule has 3 rings (SSSR count). The molecule has 1 saturated heterocycles. The van der Waals surface area contributed by atoms with Gasteiger partial charge in [-0.15, -0.1) is 0 Å². The Morgan fingerprint density at radius 3 is 2.58 bits per heavy atom. The van der Waals surface area contributed by atoms with Crippen molar-refractivity contribution in [2.24, 2.45) is 0 Å².